The Labute approximate surface area is 184 Å². The second-order valence-electron chi connectivity index (χ2n) is 7.18. The number of hydrogen-bond acceptors (Lipinski definition) is 5. The minimum atomic E-state index is -3.46. The van der Waals surface area contributed by atoms with Crippen molar-refractivity contribution in [2.45, 2.75) is 17.7 Å². The third-order valence-electron chi connectivity index (χ3n) is 5.14. The molecule has 0 unspecified atom stereocenters. The quantitative estimate of drug-likeness (QED) is 0.440. The summed E-state index contributed by atoms with van der Waals surface area (Å²) in [6.45, 7) is 0. The van der Waals surface area contributed by atoms with Gasteiger partial charge >= 0.3 is 0 Å². The van der Waals surface area contributed by atoms with Crippen molar-refractivity contribution in [3.05, 3.63) is 65.5 Å². The van der Waals surface area contributed by atoms with E-state index in [4.69, 9.17) is 4.74 Å². The number of amides is 1. The van der Waals surface area contributed by atoms with E-state index in [0.717, 1.165) is 21.0 Å². The van der Waals surface area contributed by atoms with Crippen LogP contribution in [0.1, 0.15) is 12.8 Å². The number of hydrogen-bond donors (Lipinski definition) is 0. The number of ether oxygens (including phenoxy) is 1. The monoisotopic (exact) mass is 454 g/mol. The lowest BCUT2D eigenvalue weighted by Crippen LogP contribution is -2.14. The zero-order valence-corrected chi connectivity index (χ0v) is 18.9. The van der Waals surface area contributed by atoms with Crippen molar-refractivity contribution in [1.29, 1.82) is 0 Å². The lowest BCUT2D eigenvalue weighted by molar-refractivity contribution is -0.118. The number of aryl methyl sites for hydroxylation is 1. The molecule has 6 nitrogen and oxygen atoms in total. The van der Waals surface area contributed by atoms with Gasteiger partial charge in [-0.05, 0) is 42.1 Å². The van der Waals surface area contributed by atoms with Crippen molar-refractivity contribution in [2.24, 2.45) is 12.0 Å². The molecule has 31 heavy (non-hydrogen) atoms. The Bertz CT molecular complexity index is 1430. The minimum Gasteiger partial charge on any atom is -0.497 e. The van der Waals surface area contributed by atoms with Crippen LogP contribution in [0.5, 0.6) is 5.75 Å². The zero-order chi connectivity index (χ0) is 22.0. The van der Waals surface area contributed by atoms with Crippen molar-refractivity contribution in [1.82, 2.24) is 4.57 Å². The second-order valence-corrected chi connectivity index (χ2v) is 10.3. The fourth-order valence-corrected chi connectivity index (χ4v) is 5.92. The molecule has 160 valence electrons. The first-order valence-corrected chi connectivity index (χ1v) is 12.3. The number of nitrogens with zero attached hydrogens (tertiary/aromatic N) is 2. The summed E-state index contributed by atoms with van der Waals surface area (Å²) in [5.74, 6) is 0.164. The Kier molecular flexibility index (Phi) is 5.93. The van der Waals surface area contributed by atoms with Crippen LogP contribution in [0, 0.1) is 0 Å². The number of thiazole rings is 1. The molecule has 0 spiro atoms. The van der Waals surface area contributed by atoms with Gasteiger partial charge in [0, 0.05) is 18.9 Å². The van der Waals surface area contributed by atoms with E-state index in [1.54, 1.807) is 12.1 Å². The van der Waals surface area contributed by atoms with Gasteiger partial charge in [-0.25, -0.2) is 8.42 Å². The molecular formula is C23H22N2O4S2. The average Bonchev–Trinajstić information content (AvgIpc) is 3.09. The third-order valence-corrected chi connectivity index (χ3v) is 8.14. The Morgan fingerprint density at radius 1 is 1.06 bits per heavy atom. The molecule has 0 saturated carbocycles. The van der Waals surface area contributed by atoms with Gasteiger partial charge in [-0.1, -0.05) is 41.7 Å². The lowest BCUT2D eigenvalue weighted by atomic mass is 10.1. The molecule has 1 heterocycles. The van der Waals surface area contributed by atoms with Gasteiger partial charge in [-0.15, -0.1) is 0 Å². The molecule has 3 aromatic carbocycles. The van der Waals surface area contributed by atoms with Crippen LogP contribution in [-0.4, -0.2) is 31.8 Å². The summed E-state index contributed by atoms with van der Waals surface area (Å²) in [7, 11) is -0.0506. The predicted molar refractivity (Wildman–Crippen MR) is 123 cm³/mol. The number of carbonyl (C=O) groups excluding carboxylic acids is 1. The van der Waals surface area contributed by atoms with E-state index in [-0.39, 0.29) is 29.4 Å². The molecule has 0 fully saturated rings. The summed E-state index contributed by atoms with van der Waals surface area (Å²) < 4.78 is 33.0. The van der Waals surface area contributed by atoms with Crippen molar-refractivity contribution in [3.63, 3.8) is 0 Å². The number of aromatic nitrogens is 1. The summed E-state index contributed by atoms with van der Waals surface area (Å²) in [4.78, 5) is 17.5. The zero-order valence-electron chi connectivity index (χ0n) is 17.2. The molecule has 4 aromatic rings. The van der Waals surface area contributed by atoms with E-state index in [9.17, 15) is 13.2 Å². The lowest BCUT2D eigenvalue weighted by Gasteiger charge is -2.05. The van der Waals surface area contributed by atoms with Crippen LogP contribution in [0.2, 0.25) is 0 Å². The molecule has 1 amide bonds. The van der Waals surface area contributed by atoms with Crippen molar-refractivity contribution in [2.75, 3.05) is 12.9 Å². The first-order chi connectivity index (χ1) is 14.9. The standard InChI is InChI=1S/C23H22N2O4S2/c1-25-20-14-9-16-6-3-4-7-19(16)22(20)30-23(25)24-21(26)8-5-15-31(27,28)18-12-10-17(29-2)11-13-18/h3-4,6-7,9-14H,5,8,15H2,1-2H3. The van der Waals surface area contributed by atoms with E-state index < -0.39 is 9.84 Å². The highest BCUT2D eigenvalue weighted by atomic mass is 32.2. The summed E-state index contributed by atoms with van der Waals surface area (Å²) in [6, 6.07) is 18.4. The Morgan fingerprint density at radius 3 is 2.55 bits per heavy atom. The molecule has 1 aromatic heterocycles. The van der Waals surface area contributed by atoms with E-state index in [1.165, 1.54) is 30.6 Å². The number of rotatable bonds is 6. The maximum atomic E-state index is 12.5. The normalized spacial score (nSPS) is 12.5. The fraction of sp³-hybridized carbons (Fsp3) is 0.217. The first kappa shape index (κ1) is 21.3. The molecule has 0 aliphatic heterocycles. The van der Waals surface area contributed by atoms with Gasteiger partial charge in [-0.3, -0.25) is 4.79 Å². The van der Waals surface area contributed by atoms with E-state index in [0.29, 0.717) is 10.6 Å². The van der Waals surface area contributed by atoms with Gasteiger partial charge in [0.15, 0.2) is 14.6 Å². The molecule has 0 radical (unpaired) electrons. The van der Waals surface area contributed by atoms with E-state index in [1.807, 2.05) is 29.8 Å². The summed E-state index contributed by atoms with van der Waals surface area (Å²) in [5, 5.41) is 2.26. The number of fused-ring (bicyclic) bond motifs is 3. The highest BCUT2D eigenvalue weighted by Gasteiger charge is 2.15. The molecule has 0 bridgehead atoms. The van der Waals surface area contributed by atoms with Gasteiger partial charge in [0.25, 0.3) is 0 Å². The Hall–Kier alpha value is -2.97. The molecule has 0 saturated heterocycles. The van der Waals surface area contributed by atoms with Crippen molar-refractivity contribution >= 4 is 48.1 Å². The highest BCUT2D eigenvalue weighted by molar-refractivity contribution is 7.91. The third kappa shape index (κ3) is 4.40. The maximum absolute atomic E-state index is 12.5. The van der Waals surface area contributed by atoms with Crippen LogP contribution in [-0.2, 0) is 21.7 Å². The van der Waals surface area contributed by atoms with Crippen LogP contribution in [0.25, 0.3) is 21.0 Å². The van der Waals surface area contributed by atoms with Gasteiger partial charge in [0.1, 0.15) is 5.75 Å². The largest absolute Gasteiger partial charge is 0.497 e. The number of benzene rings is 3. The van der Waals surface area contributed by atoms with Gasteiger partial charge < -0.3 is 9.30 Å². The second kappa shape index (κ2) is 8.64. The molecule has 0 aliphatic rings. The van der Waals surface area contributed by atoms with Crippen LogP contribution in [0.15, 0.2) is 70.6 Å². The number of carbonyl (C=O) groups is 1. The van der Waals surface area contributed by atoms with Gasteiger partial charge in [-0.2, -0.15) is 4.99 Å². The summed E-state index contributed by atoms with van der Waals surface area (Å²) >= 11 is 1.47. The molecule has 0 atom stereocenters. The molecule has 0 aliphatic carbocycles. The first-order valence-electron chi connectivity index (χ1n) is 9.81. The predicted octanol–water partition coefficient (Wildman–Crippen LogP) is 4.08. The van der Waals surface area contributed by atoms with E-state index >= 15 is 0 Å². The minimum absolute atomic E-state index is 0.0738. The topological polar surface area (TPSA) is 77.7 Å². The Morgan fingerprint density at radius 2 is 1.81 bits per heavy atom. The SMILES string of the molecule is COc1ccc(S(=O)(=O)CCCC(=O)N=c2sc3c4ccccc4ccc3n2C)cc1. The Balaban J connectivity index is 1.49. The summed E-state index contributed by atoms with van der Waals surface area (Å²) in [5.41, 5.74) is 1.01. The van der Waals surface area contributed by atoms with Crippen molar-refractivity contribution < 1.29 is 17.9 Å². The molecule has 4 rings (SSSR count). The smallest absolute Gasteiger partial charge is 0.248 e. The maximum Gasteiger partial charge on any atom is 0.248 e. The molecular weight excluding hydrogens is 432 g/mol. The summed E-state index contributed by atoms with van der Waals surface area (Å²) in [6.07, 6.45) is 0.290. The molecule has 8 heteroatoms. The van der Waals surface area contributed by atoms with Crippen LogP contribution in [0.3, 0.4) is 0 Å². The fourth-order valence-electron chi connectivity index (χ4n) is 3.44. The average molecular weight is 455 g/mol. The van der Waals surface area contributed by atoms with Crippen LogP contribution in [0.4, 0.5) is 0 Å². The number of methoxy groups -OCH3 is 1. The highest BCUT2D eigenvalue weighted by Crippen LogP contribution is 2.27. The van der Waals surface area contributed by atoms with E-state index in [2.05, 4.69) is 23.2 Å². The van der Waals surface area contributed by atoms with Gasteiger partial charge in [0.05, 0.1) is 28.0 Å². The number of sulfone groups is 1. The van der Waals surface area contributed by atoms with Crippen molar-refractivity contribution in [3.8, 4) is 5.75 Å². The van der Waals surface area contributed by atoms with Crippen LogP contribution >= 0.6 is 11.3 Å². The van der Waals surface area contributed by atoms with Gasteiger partial charge in [0.2, 0.25) is 5.91 Å². The van der Waals surface area contributed by atoms with Crippen LogP contribution < -0.4 is 9.54 Å². The molecule has 0 N–H and O–H groups in total.